The molecule has 3 unspecified atom stereocenters. The zero-order valence-electron chi connectivity index (χ0n) is 20.5. The van der Waals surface area contributed by atoms with Gasteiger partial charge in [0.05, 0.1) is 11.3 Å². The van der Waals surface area contributed by atoms with Crippen molar-refractivity contribution in [2.75, 3.05) is 18.8 Å². The summed E-state index contributed by atoms with van der Waals surface area (Å²) < 4.78 is 25.2. The minimum atomic E-state index is -2.34. The van der Waals surface area contributed by atoms with Crippen molar-refractivity contribution in [3.63, 3.8) is 0 Å². The molecule has 2 aliphatic heterocycles. The molecular weight excluding hydrogens is 534 g/mol. The van der Waals surface area contributed by atoms with Gasteiger partial charge in [-0.2, -0.15) is 9.99 Å². The predicted molar refractivity (Wildman–Crippen MR) is 137 cm³/mol. The van der Waals surface area contributed by atoms with Crippen molar-refractivity contribution in [3.05, 3.63) is 58.9 Å². The summed E-state index contributed by atoms with van der Waals surface area (Å²) in [5.74, 6) is -0.485. The van der Waals surface area contributed by atoms with E-state index in [2.05, 4.69) is 27.8 Å². The van der Waals surface area contributed by atoms with E-state index in [1.807, 2.05) is 22.9 Å². The SMILES string of the molecule is CCc1ccc2n1N=C(N1CCCC1)C(Br)(CS(=O)[O-])C2c1cccc(C(=O)OOC(C)(C)C)c1. The Morgan fingerprint density at radius 1 is 1.26 bits per heavy atom. The van der Waals surface area contributed by atoms with Crippen LogP contribution in [0.4, 0.5) is 0 Å². The van der Waals surface area contributed by atoms with E-state index in [4.69, 9.17) is 14.9 Å². The first-order chi connectivity index (χ1) is 16.5. The third kappa shape index (κ3) is 5.40. The van der Waals surface area contributed by atoms with Crippen molar-refractivity contribution in [2.45, 2.75) is 62.8 Å². The summed E-state index contributed by atoms with van der Waals surface area (Å²) in [6.07, 6.45) is 2.84. The molecule has 3 atom stereocenters. The van der Waals surface area contributed by atoms with Gasteiger partial charge in [0.2, 0.25) is 0 Å². The largest absolute Gasteiger partial charge is 0.772 e. The Balaban J connectivity index is 1.83. The summed E-state index contributed by atoms with van der Waals surface area (Å²) in [4.78, 5) is 25.2. The number of nitrogens with zero attached hydrogens (tertiary/aromatic N) is 3. The summed E-state index contributed by atoms with van der Waals surface area (Å²) in [5, 5.41) is 4.98. The lowest BCUT2D eigenvalue weighted by Crippen LogP contribution is -2.54. The molecule has 0 aliphatic carbocycles. The number of hydrogen-bond acceptors (Lipinski definition) is 7. The van der Waals surface area contributed by atoms with Crippen LogP contribution in [0.3, 0.4) is 0 Å². The number of carbonyl (C=O) groups is 1. The number of halogens is 1. The van der Waals surface area contributed by atoms with Gasteiger partial charge in [-0.05, 0) is 69.9 Å². The summed E-state index contributed by atoms with van der Waals surface area (Å²) in [7, 11) is 0. The highest BCUT2D eigenvalue weighted by atomic mass is 79.9. The normalized spacial score (nSPS) is 23.1. The predicted octanol–water partition coefficient (Wildman–Crippen LogP) is 4.35. The number of fused-ring (bicyclic) bond motifs is 1. The number of aryl methyl sites for hydroxylation is 1. The molecule has 10 heteroatoms. The highest BCUT2D eigenvalue weighted by molar-refractivity contribution is 9.10. The van der Waals surface area contributed by atoms with E-state index in [0.29, 0.717) is 11.4 Å². The summed E-state index contributed by atoms with van der Waals surface area (Å²) >= 11 is 1.53. The van der Waals surface area contributed by atoms with Gasteiger partial charge < -0.3 is 9.45 Å². The van der Waals surface area contributed by atoms with Gasteiger partial charge >= 0.3 is 5.97 Å². The lowest BCUT2D eigenvalue weighted by Gasteiger charge is -2.44. The molecule has 190 valence electrons. The third-order valence-electron chi connectivity index (χ3n) is 6.20. The van der Waals surface area contributed by atoms with Gasteiger partial charge in [0.1, 0.15) is 15.8 Å². The van der Waals surface area contributed by atoms with Crippen LogP contribution < -0.4 is 0 Å². The maximum Gasteiger partial charge on any atom is 0.373 e. The number of amidine groups is 1. The van der Waals surface area contributed by atoms with Crippen LogP contribution in [-0.2, 0) is 27.3 Å². The summed E-state index contributed by atoms with van der Waals surface area (Å²) in [6.45, 7) is 9.08. The second kappa shape index (κ2) is 10.2. The maximum absolute atomic E-state index is 12.7. The van der Waals surface area contributed by atoms with E-state index in [-0.39, 0.29) is 5.75 Å². The van der Waals surface area contributed by atoms with Crippen LogP contribution in [0.15, 0.2) is 41.5 Å². The molecule has 0 amide bonds. The first kappa shape index (κ1) is 26.1. The Hall–Kier alpha value is -2.01. The Morgan fingerprint density at radius 2 is 1.97 bits per heavy atom. The monoisotopic (exact) mass is 564 g/mol. The molecule has 3 heterocycles. The molecular formula is C25H31BrN3O5S-. The van der Waals surface area contributed by atoms with E-state index in [1.54, 1.807) is 39.0 Å². The van der Waals surface area contributed by atoms with Gasteiger partial charge in [-0.1, -0.05) is 46.1 Å². The molecule has 2 aromatic rings. The van der Waals surface area contributed by atoms with Gasteiger partial charge in [0, 0.05) is 30.5 Å². The molecule has 8 nitrogen and oxygen atoms in total. The fourth-order valence-corrected chi connectivity index (χ4v) is 6.73. The molecule has 35 heavy (non-hydrogen) atoms. The topological polar surface area (TPSA) is 96.2 Å². The van der Waals surface area contributed by atoms with Gasteiger partial charge in [0.15, 0.2) is 0 Å². The Morgan fingerprint density at radius 3 is 2.60 bits per heavy atom. The Kier molecular flexibility index (Phi) is 7.57. The van der Waals surface area contributed by atoms with Crippen LogP contribution in [0, 0.1) is 0 Å². The number of carbonyl (C=O) groups excluding carboxylic acids is 1. The molecule has 1 fully saturated rings. The fraction of sp³-hybridized carbons (Fsp3) is 0.520. The lowest BCUT2D eigenvalue weighted by atomic mass is 9.81. The molecule has 4 rings (SSSR count). The summed E-state index contributed by atoms with van der Waals surface area (Å²) in [6, 6.07) is 11.1. The van der Waals surface area contributed by atoms with Gasteiger partial charge in [-0.3, -0.25) is 9.10 Å². The van der Waals surface area contributed by atoms with Crippen LogP contribution >= 0.6 is 15.9 Å². The average Bonchev–Trinajstić information content (AvgIpc) is 3.45. The third-order valence-corrected chi connectivity index (χ3v) is 8.36. The van der Waals surface area contributed by atoms with Crippen LogP contribution in [0.25, 0.3) is 0 Å². The summed E-state index contributed by atoms with van der Waals surface area (Å²) in [5.41, 5.74) is 2.37. The zero-order chi connectivity index (χ0) is 25.4. The van der Waals surface area contributed by atoms with Crippen LogP contribution in [0.5, 0.6) is 0 Å². The zero-order valence-corrected chi connectivity index (χ0v) is 22.9. The fourth-order valence-electron chi connectivity index (χ4n) is 4.70. The van der Waals surface area contributed by atoms with E-state index in [9.17, 15) is 13.6 Å². The van der Waals surface area contributed by atoms with Crippen molar-refractivity contribution in [1.29, 1.82) is 0 Å². The van der Waals surface area contributed by atoms with Crippen molar-refractivity contribution in [1.82, 2.24) is 9.58 Å². The average molecular weight is 566 g/mol. The van der Waals surface area contributed by atoms with Crippen molar-refractivity contribution >= 4 is 38.8 Å². The maximum atomic E-state index is 12.7. The minimum absolute atomic E-state index is 0.165. The molecule has 0 radical (unpaired) electrons. The Bertz CT molecular complexity index is 1150. The smallest absolute Gasteiger partial charge is 0.373 e. The lowest BCUT2D eigenvalue weighted by molar-refractivity contribution is -0.301. The highest BCUT2D eigenvalue weighted by Gasteiger charge is 2.50. The van der Waals surface area contributed by atoms with Gasteiger partial charge in [-0.15, -0.1) is 0 Å². The van der Waals surface area contributed by atoms with Crippen molar-refractivity contribution in [2.24, 2.45) is 5.10 Å². The molecule has 1 aromatic heterocycles. The van der Waals surface area contributed by atoms with Crippen LogP contribution in [0.1, 0.15) is 73.8 Å². The van der Waals surface area contributed by atoms with E-state index in [0.717, 1.165) is 49.3 Å². The molecule has 0 spiro atoms. The van der Waals surface area contributed by atoms with E-state index in [1.165, 1.54) is 0 Å². The molecule has 2 aliphatic rings. The number of alkyl halides is 1. The van der Waals surface area contributed by atoms with E-state index >= 15 is 0 Å². The molecule has 0 N–H and O–H groups in total. The number of aromatic nitrogens is 1. The van der Waals surface area contributed by atoms with Crippen LogP contribution in [0.2, 0.25) is 0 Å². The van der Waals surface area contributed by atoms with Crippen molar-refractivity contribution in [3.8, 4) is 0 Å². The number of likely N-dealkylation sites (tertiary alicyclic amines) is 1. The first-order valence-corrected chi connectivity index (χ1v) is 13.9. The van der Waals surface area contributed by atoms with E-state index < -0.39 is 32.9 Å². The minimum Gasteiger partial charge on any atom is -0.772 e. The quantitative estimate of drug-likeness (QED) is 0.224. The van der Waals surface area contributed by atoms with Gasteiger partial charge in [0.25, 0.3) is 0 Å². The second-order valence-corrected chi connectivity index (χ2v) is 12.3. The second-order valence-electron chi connectivity index (χ2n) is 9.97. The van der Waals surface area contributed by atoms with Crippen molar-refractivity contribution < 1.29 is 23.3 Å². The highest BCUT2D eigenvalue weighted by Crippen LogP contribution is 2.47. The number of benzene rings is 1. The molecule has 1 saturated heterocycles. The number of rotatable bonds is 6. The standard InChI is InChI=1S/C25H32BrN3O5S/c1-5-19-11-12-20-21(17-9-8-10-18(15-17)22(30)33-34-24(2,3)4)25(26,16-35(31)32)23(27-29(19)20)28-13-6-7-14-28/h8-12,15,21H,5-7,13-14,16H2,1-4H3,(H,31,32)/p-1. The first-order valence-electron chi connectivity index (χ1n) is 11.8. The Labute approximate surface area is 217 Å². The molecule has 0 saturated carbocycles. The molecule has 0 bridgehead atoms. The number of hydrogen-bond donors (Lipinski definition) is 0. The van der Waals surface area contributed by atoms with Crippen LogP contribution in [-0.4, -0.2) is 58.9 Å². The van der Waals surface area contributed by atoms with Gasteiger partial charge in [-0.25, -0.2) is 9.47 Å². The molecule has 1 aromatic carbocycles.